The summed E-state index contributed by atoms with van der Waals surface area (Å²) in [6.07, 6.45) is 5.06. The zero-order valence-electron chi connectivity index (χ0n) is 32.3. The zero-order valence-corrected chi connectivity index (χ0v) is 32.3. The molecule has 0 fully saturated rings. The number of carbonyl (C=O) groups is 4. The molecule has 8 atom stereocenters. The molecule has 3 aromatic rings. The first-order valence-electron chi connectivity index (χ1n) is 18.9. The Bertz CT molecular complexity index is 2180. The maximum Gasteiger partial charge on any atom is 0.271 e. The summed E-state index contributed by atoms with van der Waals surface area (Å²) in [5.41, 5.74) is 40.0. The molecule has 4 amide bonds. The van der Waals surface area contributed by atoms with Crippen LogP contribution in [0.3, 0.4) is 0 Å². The fraction of sp³-hybridized carbons (Fsp3) is 0.475. The number of nitrogens with zero attached hydrogens (tertiary/aromatic N) is 2. The SMILES string of the molecule is CCn1nc(C)cc1C(=O)N[C@@]1(N)[C@@H]2c3c(cc(C(N)=O)cc3[C@@H]1N)OC[C@H]2C/C=C/C[C@@H]1COc2cc(C(N)=O)cc3c2C1[C@@](N)(NC(=O)C(C)(C)C)C3N. The molecule has 16 nitrogen and oxygen atoms in total. The fourth-order valence-corrected chi connectivity index (χ4v) is 9.09. The Morgan fingerprint density at radius 1 is 0.821 bits per heavy atom. The van der Waals surface area contributed by atoms with Crippen molar-refractivity contribution >= 4 is 23.6 Å². The van der Waals surface area contributed by atoms with Crippen LogP contribution in [0.1, 0.15) is 124 Å². The van der Waals surface area contributed by atoms with Gasteiger partial charge in [-0.25, -0.2) is 0 Å². The lowest BCUT2D eigenvalue weighted by Crippen LogP contribution is -2.65. The number of hydrogen-bond acceptors (Lipinski definition) is 11. The largest absolute Gasteiger partial charge is 0.493 e. The van der Waals surface area contributed by atoms with E-state index in [0.29, 0.717) is 53.4 Å². The molecule has 2 aromatic carbocycles. The van der Waals surface area contributed by atoms with Gasteiger partial charge in [0, 0.05) is 57.9 Å². The van der Waals surface area contributed by atoms with Gasteiger partial charge in [0.2, 0.25) is 17.7 Å². The smallest absolute Gasteiger partial charge is 0.271 e. The Morgan fingerprint density at radius 2 is 1.29 bits per heavy atom. The van der Waals surface area contributed by atoms with Gasteiger partial charge < -0.3 is 54.5 Å². The molecule has 7 rings (SSSR count). The van der Waals surface area contributed by atoms with Gasteiger partial charge in [0.25, 0.3) is 5.91 Å². The van der Waals surface area contributed by atoms with E-state index in [1.54, 1.807) is 55.8 Å². The Morgan fingerprint density at radius 3 is 1.71 bits per heavy atom. The van der Waals surface area contributed by atoms with Crippen LogP contribution in [0.2, 0.25) is 0 Å². The van der Waals surface area contributed by atoms with Crippen molar-refractivity contribution in [3.05, 3.63) is 87.3 Å². The maximum atomic E-state index is 13.9. The van der Waals surface area contributed by atoms with Gasteiger partial charge in [-0.05, 0) is 68.1 Å². The second-order valence-electron chi connectivity index (χ2n) is 16.7. The van der Waals surface area contributed by atoms with Crippen molar-refractivity contribution < 1.29 is 28.7 Å². The van der Waals surface area contributed by atoms with E-state index in [0.717, 1.165) is 11.1 Å². The quantitative estimate of drug-likeness (QED) is 0.108. The van der Waals surface area contributed by atoms with Gasteiger partial charge in [0.15, 0.2) is 0 Å². The Hall–Kier alpha value is -5.29. The number of aryl methyl sites for hydroxylation is 2. The molecule has 56 heavy (non-hydrogen) atoms. The van der Waals surface area contributed by atoms with E-state index in [1.807, 2.05) is 26.0 Å². The van der Waals surface area contributed by atoms with Gasteiger partial charge in [-0.1, -0.05) is 32.9 Å². The Kier molecular flexibility index (Phi) is 9.55. The molecule has 0 saturated heterocycles. The number of ether oxygens (including phenoxy) is 2. The first kappa shape index (κ1) is 39.0. The van der Waals surface area contributed by atoms with Crippen LogP contribution < -0.4 is 54.5 Å². The average molecular weight is 769 g/mol. The Labute approximate surface area is 325 Å². The minimum Gasteiger partial charge on any atom is -0.493 e. The van der Waals surface area contributed by atoms with Crippen LogP contribution in [0, 0.1) is 24.2 Å². The minimum atomic E-state index is -1.46. The molecule has 2 unspecified atom stereocenters. The second kappa shape index (κ2) is 13.7. The van der Waals surface area contributed by atoms with Gasteiger partial charge in [-0.15, -0.1) is 0 Å². The molecule has 16 heteroatoms. The Balaban J connectivity index is 1.18. The minimum absolute atomic E-state index is 0.211. The molecule has 298 valence electrons. The van der Waals surface area contributed by atoms with Crippen LogP contribution in [0.4, 0.5) is 0 Å². The van der Waals surface area contributed by atoms with Gasteiger partial charge in [0.1, 0.15) is 28.5 Å². The maximum absolute atomic E-state index is 13.9. The number of nitrogens with one attached hydrogen (secondary N) is 2. The van der Waals surface area contributed by atoms with Crippen molar-refractivity contribution in [1.29, 1.82) is 0 Å². The summed E-state index contributed by atoms with van der Waals surface area (Å²) in [6, 6.07) is 6.44. The van der Waals surface area contributed by atoms with Gasteiger partial charge in [0.05, 0.1) is 31.0 Å². The molecular formula is C40H52N10O6. The number of rotatable bonds is 10. The summed E-state index contributed by atoms with van der Waals surface area (Å²) in [7, 11) is 0. The van der Waals surface area contributed by atoms with Crippen LogP contribution in [0.25, 0.3) is 0 Å². The van der Waals surface area contributed by atoms with E-state index in [-0.39, 0.29) is 42.1 Å². The number of carbonyl (C=O) groups excluding carboxylic acids is 4. The average Bonchev–Trinajstić information content (AvgIpc) is 3.71. The molecule has 0 radical (unpaired) electrons. The highest BCUT2D eigenvalue weighted by atomic mass is 16.5. The molecule has 2 aliphatic carbocycles. The summed E-state index contributed by atoms with van der Waals surface area (Å²) >= 11 is 0. The lowest BCUT2D eigenvalue weighted by atomic mass is 9.76. The second-order valence-corrected chi connectivity index (χ2v) is 16.7. The van der Waals surface area contributed by atoms with Crippen LogP contribution in [0.15, 0.2) is 42.5 Å². The fourth-order valence-electron chi connectivity index (χ4n) is 9.09. The van der Waals surface area contributed by atoms with Crippen molar-refractivity contribution in [2.24, 2.45) is 51.7 Å². The summed E-state index contributed by atoms with van der Waals surface area (Å²) in [5.74, 6) is -2.41. The van der Waals surface area contributed by atoms with Gasteiger partial charge in [-0.2, -0.15) is 5.10 Å². The van der Waals surface area contributed by atoms with Crippen LogP contribution in [-0.4, -0.2) is 57.9 Å². The highest BCUT2D eigenvalue weighted by Crippen LogP contribution is 2.57. The van der Waals surface area contributed by atoms with E-state index in [1.165, 1.54) is 0 Å². The van der Waals surface area contributed by atoms with Crippen molar-refractivity contribution in [3.63, 3.8) is 0 Å². The van der Waals surface area contributed by atoms with E-state index in [2.05, 4.69) is 15.7 Å². The van der Waals surface area contributed by atoms with E-state index >= 15 is 0 Å². The topological polar surface area (TPSA) is 285 Å². The summed E-state index contributed by atoms with van der Waals surface area (Å²) < 4.78 is 14.1. The normalized spacial score (nSPS) is 28.6. The standard InChI is InChI=1S/C40H52N10O6/c1-6-50-25(11-18(2)49-50)36(53)47-39(45)30-19(16-55-26-14-21(34(43)51)12-23(28(26)30)32(39)41)9-7-8-10-20-17-56-27-15-22(35(44)52)13-24-29(27)31(20)40(46,33(24)42)48-37(54)38(3,4)5/h7-8,11-15,19-20,30-33H,6,9-10,16-17,41-42,45-46H2,1-5H3,(H2,43,51)(H2,44,52)(H,47,53)(H,48,54)/b8-7+/t19-,20-,30+,31?,32+,33?,39+,40-/m1/s1. The number of aromatic nitrogens is 2. The van der Waals surface area contributed by atoms with Crippen LogP contribution in [0.5, 0.6) is 11.5 Å². The van der Waals surface area contributed by atoms with E-state index < -0.39 is 58.4 Å². The third kappa shape index (κ3) is 6.20. The number of nitrogens with two attached hydrogens (primary N) is 6. The monoisotopic (exact) mass is 768 g/mol. The van der Waals surface area contributed by atoms with Crippen molar-refractivity contribution in [2.45, 2.75) is 89.3 Å². The molecule has 0 spiro atoms. The lowest BCUT2D eigenvalue weighted by molar-refractivity contribution is -0.131. The van der Waals surface area contributed by atoms with Crippen LogP contribution in [-0.2, 0) is 11.3 Å². The summed E-state index contributed by atoms with van der Waals surface area (Å²) in [6.45, 7) is 10.0. The van der Waals surface area contributed by atoms with Gasteiger partial charge >= 0.3 is 0 Å². The third-order valence-corrected chi connectivity index (χ3v) is 11.9. The number of benzene rings is 2. The molecule has 3 heterocycles. The van der Waals surface area contributed by atoms with Crippen molar-refractivity contribution in [3.8, 4) is 11.5 Å². The highest BCUT2D eigenvalue weighted by Gasteiger charge is 2.58. The molecule has 4 aliphatic rings. The van der Waals surface area contributed by atoms with E-state index in [9.17, 15) is 19.2 Å². The predicted octanol–water partition coefficient (Wildman–Crippen LogP) is 1.56. The van der Waals surface area contributed by atoms with E-state index in [4.69, 9.17) is 43.9 Å². The highest BCUT2D eigenvalue weighted by molar-refractivity contribution is 5.95. The van der Waals surface area contributed by atoms with Crippen molar-refractivity contribution in [2.75, 3.05) is 13.2 Å². The molecule has 0 saturated carbocycles. The lowest BCUT2D eigenvalue weighted by Gasteiger charge is -2.43. The molecular weight excluding hydrogens is 717 g/mol. The number of amides is 4. The first-order chi connectivity index (χ1) is 26.3. The predicted molar refractivity (Wildman–Crippen MR) is 207 cm³/mol. The van der Waals surface area contributed by atoms with Gasteiger partial charge in [-0.3, -0.25) is 23.9 Å². The molecule has 14 N–H and O–H groups in total. The third-order valence-electron chi connectivity index (χ3n) is 11.9. The number of hydrogen-bond donors (Lipinski definition) is 8. The van der Waals surface area contributed by atoms with Crippen molar-refractivity contribution in [1.82, 2.24) is 20.4 Å². The number of primary amides is 2. The summed E-state index contributed by atoms with van der Waals surface area (Å²) in [5, 5.41) is 10.6. The summed E-state index contributed by atoms with van der Waals surface area (Å²) in [4.78, 5) is 51.8. The molecule has 0 bridgehead atoms. The molecule has 2 aliphatic heterocycles. The zero-order chi connectivity index (χ0) is 40.6. The first-order valence-corrected chi connectivity index (χ1v) is 18.9. The van der Waals surface area contributed by atoms with Crippen LogP contribution >= 0.6 is 0 Å². The number of allylic oxidation sites excluding steroid dienone is 2. The molecule has 1 aromatic heterocycles.